The number of carbonyl (C=O) groups excluding carboxylic acids is 2. The Bertz CT molecular complexity index is 628. The first-order valence-corrected chi connectivity index (χ1v) is 10.0. The van der Waals surface area contributed by atoms with E-state index < -0.39 is 5.54 Å². The van der Waals surface area contributed by atoms with E-state index in [2.05, 4.69) is 5.32 Å². The van der Waals surface area contributed by atoms with Crippen LogP contribution in [0.5, 0.6) is 0 Å². The second-order valence-corrected chi connectivity index (χ2v) is 7.85. The van der Waals surface area contributed by atoms with Gasteiger partial charge in [-0.15, -0.1) is 11.8 Å². The average Bonchev–Trinajstić information content (AvgIpc) is 2.61. The van der Waals surface area contributed by atoms with E-state index in [1.807, 2.05) is 37.4 Å². The number of nitrogens with one attached hydrogen (secondary N) is 1. The third-order valence-electron chi connectivity index (χ3n) is 5.48. The number of hydrogen-bond donors (Lipinski definition) is 1. The Morgan fingerprint density at radius 3 is 2.54 bits per heavy atom. The van der Waals surface area contributed by atoms with Crippen molar-refractivity contribution in [3.8, 4) is 0 Å². The normalized spacial score (nSPS) is 24.3. The first kappa shape index (κ1) is 17.3. The van der Waals surface area contributed by atoms with E-state index in [-0.39, 0.29) is 17.7 Å². The summed E-state index contributed by atoms with van der Waals surface area (Å²) < 4.78 is 0. The average molecular weight is 346 g/mol. The minimum absolute atomic E-state index is 0.0700. The lowest BCUT2D eigenvalue weighted by atomic mass is 9.81. The van der Waals surface area contributed by atoms with E-state index in [0.717, 1.165) is 42.7 Å². The van der Waals surface area contributed by atoms with Crippen molar-refractivity contribution in [3.63, 3.8) is 0 Å². The number of likely N-dealkylation sites (tertiary alicyclic amines) is 1. The molecule has 130 valence electrons. The molecule has 1 atom stereocenters. The number of para-hydroxylation sites is 1. The third-order valence-corrected chi connectivity index (χ3v) is 6.28. The molecule has 1 aromatic carbocycles. The van der Waals surface area contributed by atoms with Gasteiger partial charge in [-0.25, -0.2) is 0 Å². The number of thioether (sulfide) groups is 1. The summed E-state index contributed by atoms with van der Waals surface area (Å²) in [5.41, 5.74) is 0.119. The smallest absolute Gasteiger partial charge is 0.250 e. The zero-order valence-electron chi connectivity index (χ0n) is 14.5. The fourth-order valence-electron chi connectivity index (χ4n) is 3.72. The summed E-state index contributed by atoms with van der Waals surface area (Å²) in [5.74, 6) is 0.223. The van der Waals surface area contributed by atoms with E-state index in [1.54, 1.807) is 16.7 Å². The fourth-order valence-corrected chi connectivity index (χ4v) is 4.28. The molecular weight excluding hydrogens is 320 g/mol. The maximum atomic E-state index is 12.9. The van der Waals surface area contributed by atoms with Crippen LogP contribution in [0.15, 0.2) is 29.2 Å². The molecule has 24 heavy (non-hydrogen) atoms. The van der Waals surface area contributed by atoms with E-state index in [1.165, 1.54) is 6.42 Å². The van der Waals surface area contributed by atoms with Gasteiger partial charge in [0, 0.05) is 17.4 Å². The number of rotatable bonds is 4. The summed E-state index contributed by atoms with van der Waals surface area (Å²) in [4.78, 5) is 28.5. The predicted octanol–water partition coefficient (Wildman–Crippen LogP) is 3.92. The maximum Gasteiger partial charge on any atom is 0.250 e. The maximum absolute atomic E-state index is 12.9. The van der Waals surface area contributed by atoms with Gasteiger partial charge < -0.3 is 10.2 Å². The van der Waals surface area contributed by atoms with Crippen LogP contribution < -0.4 is 5.32 Å². The molecule has 4 nitrogen and oxygen atoms in total. The molecule has 1 aromatic rings. The van der Waals surface area contributed by atoms with Crippen molar-refractivity contribution in [1.29, 1.82) is 0 Å². The Balaban J connectivity index is 1.70. The topological polar surface area (TPSA) is 49.4 Å². The molecule has 0 spiro atoms. The molecule has 0 aromatic heterocycles. The van der Waals surface area contributed by atoms with Gasteiger partial charge >= 0.3 is 0 Å². The minimum Gasteiger partial charge on any atom is -0.328 e. The molecule has 2 fully saturated rings. The van der Waals surface area contributed by atoms with E-state index in [4.69, 9.17) is 0 Å². The molecule has 3 rings (SSSR count). The van der Waals surface area contributed by atoms with Gasteiger partial charge in [-0.2, -0.15) is 0 Å². The highest BCUT2D eigenvalue weighted by Gasteiger charge is 2.50. The van der Waals surface area contributed by atoms with Crippen molar-refractivity contribution in [2.75, 3.05) is 18.1 Å². The van der Waals surface area contributed by atoms with Crippen LogP contribution in [0.2, 0.25) is 0 Å². The number of benzene rings is 1. The molecule has 1 saturated carbocycles. The fraction of sp³-hybridized carbons (Fsp3) is 0.579. The SMILES string of the molecule is CSc1ccccc1NC(=O)C1(C)CCN1C(=O)C1CCCCC1. The zero-order chi connectivity index (χ0) is 17.2. The Hall–Kier alpha value is -1.49. The first-order chi connectivity index (χ1) is 11.6. The van der Waals surface area contributed by atoms with E-state index >= 15 is 0 Å². The summed E-state index contributed by atoms with van der Waals surface area (Å²) in [5, 5.41) is 3.04. The molecule has 1 unspecified atom stereocenters. The highest BCUT2D eigenvalue weighted by molar-refractivity contribution is 7.98. The van der Waals surface area contributed by atoms with Gasteiger partial charge in [-0.05, 0) is 44.6 Å². The molecule has 1 aliphatic carbocycles. The minimum atomic E-state index is -0.708. The highest BCUT2D eigenvalue weighted by atomic mass is 32.2. The lowest BCUT2D eigenvalue weighted by molar-refractivity contribution is -0.158. The number of carbonyl (C=O) groups is 2. The van der Waals surface area contributed by atoms with Gasteiger partial charge in [0.15, 0.2) is 0 Å². The van der Waals surface area contributed by atoms with Crippen molar-refractivity contribution >= 4 is 29.3 Å². The van der Waals surface area contributed by atoms with Gasteiger partial charge in [0.2, 0.25) is 11.8 Å². The van der Waals surface area contributed by atoms with Crippen molar-refractivity contribution in [3.05, 3.63) is 24.3 Å². The van der Waals surface area contributed by atoms with Gasteiger partial charge in [-0.3, -0.25) is 9.59 Å². The molecule has 5 heteroatoms. The standard InChI is InChI=1S/C19H26N2O2S/c1-19(18(23)20-15-10-6-7-11-16(15)24-2)12-13-21(19)17(22)14-8-4-3-5-9-14/h6-7,10-11,14H,3-5,8-9,12-13H2,1-2H3,(H,20,23). The Morgan fingerprint density at radius 1 is 1.21 bits per heavy atom. The number of amides is 2. The molecule has 2 amide bonds. The summed E-state index contributed by atoms with van der Waals surface area (Å²) >= 11 is 1.61. The number of anilines is 1. The number of nitrogens with zero attached hydrogens (tertiary/aromatic N) is 1. The van der Waals surface area contributed by atoms with Gasteiger partial charge in [-0.1, -0.05) is 31.4 Å². The second kappa shape index (κ2) is 7.18. The van der Waals surface area contributed by atoms with Gasteiger partial charge in [0.25, 0.3) is 0 Å². The molecule has 1 heterocycles. The van der Waals surface area contributed by atoms with Crippen LogP contribution in [0, 0.1) is 5.92 Å². The molecule has 2 aliphatic rings. The van der Waals surface area contributed by atoms with Gasteiger partial charge in [0.05, 0.1) is 5.69 Å². The number of hydrogen-bond acceptors (Lipinski definition) is 3. The van der Waals surface area contributed by atoms with Gasteiger partial charge in [0.1, 0.15) is 5.54 Å². The Labute approximate surface area is 148 Å². The van der Waals surface area contributed by atoms with Crippen LogP contribution in [-0.4, -0.2) is 35.1 Å². The third kappa shape index (κ3) is 3.18. The zero-order valence-corrected chi connectivity index (χ0v) is 15.3. The van der Waals surface area contributed by atoms with Crippen LogP contribution in [-0.2, 0) is 9.59 Å². The van der Waals surface area contributed by atoms with Crippen molar-refractivity contribution in [2.24, 2.45) is 5.92 Å². The van der Waals surface area contributed by atoms with E-state index in [0.29, 0.717) is 6.54 Å². The Kier molecular flexibility index (Phi) is 5.18. The second-order valence-electron chi connectivity index (χ2n) is 7.00. The predicted molar refractivity (Wildman–Crippen MR) is 98.2 cm³/mol. The molecule has 0 bridgehead atoms. The quantitative estimate of drug-likeness (QED) is 0.841. The summed E-state index contributed by atoms with van der Waals surface area (Å²) in [6.07, 6.45) is 8.17. The highest BCUT2D eigenvalue weighted by Crippen LogP contribution is 2.36. The molecular formula is C19H26N2O2S. The summed E-state index contributed by atoms with van der Waals surface area (Å²) in [6, 6.07) is 7.79. The van der Waals surface area contributed by atoms with Crippen LogP contribution in [0.4, 0.5) is 5.69 Å². The lowest BCUT2D eigenvalue weighted by Gasteiger charge is -2.50. The van der Waals surface area contributed by atoms with Crippen LogP contribution >= 0.6 is 11.8 Å². The van der Waals surface area contributed by atoms with Crippen molar-refractivity contribution < 1.29 is 9.59 Å². The van der Waals surface area contributed by atoms with Crippen LogP contribution in [0.25, 0.3) is 0 Å². The van der Waals surface area contributed by atoms with Crippen molar-refractivity contribution in [2.45, 2.75) is 55.9 Å². The summed E-state index contributed by atoms with van der Waals surface area (Å²) in [6.45, 7) is 2.59. The molecule has 1 aliphatic heterocycles. The van der Waals surface area contributed by atoms with E-state index in [9.17, 15) is 9.59 Å². The monoisotopic (exact) mass is 346 g/mol. The van der Waals surface area contributed by atoms with Crippen LogP contribution in [0.1, 0.15) is 45.4 Å². The Morgan fingerprint density at radius 2 is 1.92 bits per heavy atom. The summed E-state index contributed by atoms with van der Waals surface area (Å²) in [7, 11) is 0. The molecule has 0 radical (unpaired) electrons. The lowest BCUT2D eigenvalue weighted by Crippen LogP contribution is -2.67. The molecule has 1 saturated heterocycles. The largest absolute Gasteiger partial charge is 0.328 e. The molecule has 1 N–H and O–H groups in total. The van der Waals surface area contributed by atoms with Crippen molar-refractivity contribution in [1.82, 2.24) is 4.90 Å². The van der Waals surface area contributed by atoms with Crippen LogP contribution in [0.3, 0.4) is 0 Å². The first-order valence-electron chi connectivity index (χ1n) is 8.82.